The zero-order chi connectivity index (χ0) is 15.8. The Hall–Kier alpha value is -1.04. The molecule has 1 aliphatic heterocycles. The van der Waals surface area contributed by atoms with Crippen LogP contribution in [0.25, 0.3) is 0 Å². The van der Waals surface area contributed by atoms with Crippen LogP contribution in [-0.2, 0) is 16.1 Å². The summed E-state index contributed by atoms with van der Waals surface area (Å²) >= 11 is 1.80. The number of carbonyl (C=O) groups excluding carboxylic acids is 1. The Morgan fingerprint density at radius 3 is 2.95 bits per heavy atom. The summed E-state index contributed by atoms with van der Waals surface area (Å²) < 4.78 is 5.65. The lowest BCUT2D eigenvalue weighted by molar-refractivity contribution is -0.139. The third-order valence-electron chi connectivity index (χ3n) is 3.84. The molecule has 1 heterocycles. The van der Waals surface area contributed by atoms with Crippen molar-refractivity contribution < 1.29 is 9.53 Å². The van der Waals surface area contributed by atoms with Crippen molar-refractivity contribution in [1.82, 2.24) is 10.2 Å². The largest absolute Gasteiger partial charge is 0.366 e. The van der Waals surface area contributed by atoms with Crippen LogP contribution in [0.2, 0.25) is 0 Å². The van der Waals surface area contributed by atoms with Gasteiger partial charge in [0.05, 0.1) is 6.61 Å². The van der Waals surface area contributed by atoms with Gasteiger partial charge in [-0.25, -0.2) is 0 Å². The minimum atomic E-state index is -0.353. The quantitative estimate of drug-likeness (QED) is 0.835. The van der Waals surface area contributed by atoms with Crippen LogP contribution >= 0.6 is 11.8 Å². The lowest BCUT2D eigenvalue weighted by Crippen LogP contribution is -2.51. The first-order valence-electron chi connectivity index (χ1n) is 7.86. The highest BCUT2D eigenvalue weighted by molar-refractivity contribution is 7.98. The monoisotopic (exact) mass is 322 g/mol. The molecule has 1 N–H and O–H groups in total. The van der Waals surface area contributed by atoms with Crippen molar-refractivity contribution in [2.24, 2.45) is 0 Å². The summed E-state index contributed by atoms with van der Waals surface area (Å²) in [5.41, 5.74) is 1.27. The van der Waals surface area contributed by atoms with E-state index in [0.717, 1.165) is 25.3 Å². The Kier molecular flexibility index (Phi) is 7.22. The van der Waals surface area contributed by atoms with E-state index < -0.39 is 0 Å². The summed E-state index contributed by atoms with van der Waals surface area (Å²) in [6.45, 7) is 5.08. The minimum absolute atomic E-state index is 0.0198. The van der Waals surface area contributed by atoms with Crippen LogP contribution in [0, 0.1) is 0 Å². The van der Waals surface area contributed by atoms with Gasteiger partial charge in [-0.05, 0) is 30.9 Å². The van der Waals surface area contributed by atoms with Crippen molar-refractivity contribution >= 4 is 17.7 Å². The molecule has 1 amide bonds. The van der Waals surface area contributed by atoms with Crippen LogP contribution in [0.1, 0.15) is 18.9 Å². The maximum absolute atomic E-state index is 12.3. The maximum atomic E-state index is 12.3. The highest BCUT2D eigenvalue weighted by Gasteiger charge is 2.27. The molecule has 1 fully saturated rings. The summed E-state index contributed by atoms with van der Waals surface area (Å²) in [6.07, 6.45) is 2.72. The SMILES string of the molecule is CSCC[C@@H](C)NC(=O)[C@@H]1CN(Cc2ccccc2)CCO1. The lowest BCUT2D eigenvalue weighted by atomic mass is 10.1. The van der Waals surface area contributed by atoms with Crippen LogP contribution in [-0.4, -0.2) is 54.7 Å². The predicted octanol–water partition coefficient (Wildman–Crippen LogP) is 2.15. The highest BCUT2D eigenvalue weighted by Crippen LogP contribution is 2.11. The second-order valence-electron chi connectivity index (χ2n) is 5.77. The van der Waals surface area contributed by atoms with Gasteiger partial charge in [0.15, 0.2) is 0 Å². The summed E-state index contributed by atoms with van der Waals surface area (Å²) in [6, 6.07) is 10.6. The molecule has 22 heavy (non-hydrogen) atoms. The standard InChI is InChI=1S/C17H26N2O2S/c1-14(8-11-22-2)18-17(20)16-13-19(9-10-21-16)12-15-6-4-3-5-7-15/h3-7,14,16H,8-13H2,1-2H3,(H,18,20)/t14-,16+/m1/s1. The van der Waals surface area contributed by atoms with Crippen molar-refractivity contribution in [2.75, 3.05) is 31.7 Å². The van der Waals surface area contributed by atoms with Crippen molar-refractivity contribution in [3.8, 4) is 0 Å². The maximum Gasteiger partial charge on any atom is 0.250 e. The van der Waals surface area contributed by atoms with E-state index in [1.165, 1.54) is 5.56 Å². The third-order valence-corrected chi connectivity index (χ3v) is 4.48. The number of benzene rings is 1. The van der Waals surface area contributed by atoms with Crippen LogP contribution in [0.3, 0.4) is 0 Å². The van der Waals surface area contributed by atoms with E-state index in [9.17, 15) is 4.79 Å². The second-order valence-corrected chi connectivity index (χ2v) is 6.76. The van der Waals surface area contributed by atoms with Gasteiger partial charge in [0.1, 0.15) is 6.10 Å². The Labute approximate surface area is 137 Å². The molecule has 2 atom stereocenters. The van der Waals surface area contributed by atoms with Gasteiger partial charge in [0, 0.05) is 25.7 Å². The number of nitrogens with zero attached hydrogens (tertiary/aromatic N) is 1. The summed E-state index contributed by atoms with van der Waals surface area (Å²) in [5.74, 6) is 1.08. The van der Waals surface area contributed by atoms with Gasteiger partial charge >= 0.3 is 0 Å². The fraction of sp³-hybridized carbons (Fsp3) is 0.588. The molecule has 0 spiro atoms. The molecule has 4 nitrogen and oxygen atoms in total. The minimum Gasteiger partial charge on any atom is -0.366 e. The van der Waals surface area contributed by atoms with E-state index in [4.69, 9.17) is 4.74 Å². The average Bonchev–Trinajstić information content (AvgIpc) is 2.54. The Morgan fingerprint density at radius 2 is 2.23 bits per heavy atom. The molecule has 0 saturated carbocycles. The van der Waals surface area contributed by atoms with Gasteiger partial charge in [-0.3, -0.25) is 9.69 Å². The molecule has 0 aliphatic carbocycles. The first kappa shape index (κ1) is 17.3. The molecular formula is C17H26N2O2S. The van der Waals surface area contributed by atoms with Gasteiger partial charge in [-0.1, -0.05) is 30.3 Å². The zero-order valence-corrected chi connectivity index (χ0v) is 14.3. The number of hydrogen-bond donors (Lipinski definition) is 1. The Morgan fingerprint density at radius 1 is 1.45 bits per heavy atom. The zero-order valence-electron chi connectivity index (χ0n) is 13.5. The molecule has 1 aromatic carbocycles. The smallest absolute Gasteiger partial charge is 0.250 e. The summed E-state index contributed by atoms with van der Waals surface area (Å²) in [4.78, 5) is 14.6. The number of amides is 1. The van der Waals surface area contributed by atoms with Crippen molar-refractivity contribution in [2.45, 2.75) is 32.0 Å². The fourth-order valence-electron chi connectivity index (χ4n) is 2.55. The fourth-order valence-corrected chi connectivity index (χ4v) is 3.14. The van der Waals surface area contributed by atoms with Crippen LogP contribution < -0.4 is 5.32 Å². The lowest BCUT2D eigenvalue weighted by Gasteiger charge is -2.32. The first-order valence-corrected chi connectivity index (χ1v) is 9.25. The van der Waals surface area contributed by atoms with E-state index in [1.54, 1.807) is 11.8 Å². The van der Waals surface area contributed by atoms with E-state index >= 15 is 0 Å². The van der Waals surface area contributed by atoms with Crippen LogP contribution in [0.15, 0.2) is 30.3 Å². The number of ether oxygens (including phenoxy) is 1. The highest BCUT2D eigenvalue weighted by atomic mass is 32.2. The molecule has 122 valence electrons. The number of rotatable bonds is 7. The predicted molar refractivity (Wildman–Crippen MR) is 92.1 cm³/mol. The summed E-state index contributed by atoms with van der Waals surface area (Å²) in [7, 11) is 0. The van der Waals surface area contributed by atoms with Crippen molar-refractivity contribution in [3.63, 3.8) is 0 Å². The molecule has 1 aliphatic rings. The van der Waals surface area contributed by atoms with E-state index in [2.05, 4.69) is 35.5 Å². The molecule has 2 rings (SSSR count). The van der Waals surface area contributed by atoms with Crippen LogP contribution in [0.5, 0.6) is 0 Å². The van der Waals surface area contributed by atoms with Gasteiger partial charge < -0.3 is 10.1 Å². The van der Waals surface area contributed by atoms with E-state index in [0.29, 0.717) is 13.2 Å². The molecule has 1 aromatic rings. The average molecular weight is 322 g/mol. The van der Waals surface area contributed by atoms with Crippen molar-refractivity contribution in [1.29, 1.82) is 0 Å². The Bertz CT molecular complexity index is 455. The van der Waals surface area contributed by atoms with Gasteiger partial charge in [0.25, 0.3) is 5.91 Å². The topological polar surface area (TPSA) is 41.6 Å². The van der Waals surface area contributed by atoms with Gasteiger partial charge in [0.2, 0.25) is 0 Å². The normalized spacial score (nSPS) is 20.5. The van der Waals surface area contributed by atoms with Gasteiger partial charge in [-0.15, -0.1) is 0 Å². The van der Waals surface area contributed by atoms with Crippen LogP contribution in [0.4, 0.5) is 0 Å². The molecule has 0 unspecified atom stereocenters. The Balaban J connectivity index is 1.81. The first-order chi connectivity index (χ1) is 10.7. The van der Waals surface area contributed by atoms with E-state index in [1.807, 2.05) is 18.2 Å². The number of thioether (sulfide) groups is 1. The van der Waals surface area contributed by atoms with E-state index in [-0.39, 0.29) is 18.1 Å². The molecule has 1 saturated heterocycles. The third kappa shape index (κ3) is 5.63. The molecule has 5 heteroatoms. The number of morpholine rings is 1. The number of nitrogens with one attached hydrogen (secondary N) is 1. The number of hydrogen-bond acceptors (Lipinski definition) is 4. The molecule has 0 bridgehead atoms. The molecule has 0 aromatic heterocycles. The summed E-state index contributed by atoms with van der Waals surface area (Å²) in [5, 5.41) is 3.06. The molecule has 0 radical (unpaired) electrons. The number of carbonyl (C=O) groups is 1. The van der Waals surface area contributed by atoms with Crippen molar-refractivity contribution in [3.05, 3.63) is 35.9 Å². The second kappa shape index (κ2) is 9.18. The van der Waals surface area contributed by atoms with Gasteiger partial charge in [-0.2, -0.15) is 11.8 Å². The molecular weight excluding hydrogens is 296 g/mol.